The number of hydrogen-bond acceptors (Lipinski definition) is 5. The summed E-state index contributed by atoms with van der Waals surface area (Å²) < 4.78 is 10.5. The summed E-state index contributed by atoms with van der Waals surface area (Å²) in [5.41, 5.74) is 1.51. The lowest BCUT2D eigenvalue weighted by atomic mass is 10.1. The fourth-order valence-electron chi connectivity index (χ4n) is 1.75. The van der Waals surface area contributed by atoms with E-state index >= 15 is 0 Å². The van der Waals surface area contributed by atoms with Gasteiger partial charge in [-0.05, 0) is 27.7 Å². The van der Waals surface area contributed by atoms with Crippen molar-refractivity contribution in [1.82, 2.24) is 15.0 Å². The predicted octanol–water partition coefficient (Wildman–Crippen LogP) is 3.41. The molecule has 1 aromatic carbocycles. The van der Waals surface area contributed by atoms with Crippen LogP contribution in [0.3, 0.4) is 0 Å². The standard InChI is InChI=1S/C16H21N3O3/c1-11-6-8-12(9-7-11)14-17-13(22-18-14)10-19(5)15(20)21-16(2,3)4/h6-9H,10H2,1-5H3. The van der Waals surface area contributed by atoms with Crippen molar-refractivity contribution in [3.63, 3.8) is 0 Å². The van der Waals surface area contributed by atoms with Crippen molar-refractivity contribution in [3.05, 3.63) is 35.7 Å². The van der Waals surface area contributed by atoms with E-state index in [4.69, 9.17) is 9.26 Å². The lowest BCUT2D eigenvalue weighted by Gasteiger charge is -2.23. The lowest BCUT2D eigenvalue weighted by Crippen LogP contribution is -2.33. The molecule has 6 nitrogen and oxygen atoms in total. The van der Waals surface area contributed by atoms with Gasteiger partial charge in [0.2, 0.25) is 11.7 Å². The van der Waals surface area contributed by atoms with Gasteiger partial charge in [0.1, 0.15) is 12.1 Å². The van der Waals surface area contributed by atoms with E-state index in [0.717, 1.165) is 11.1 Å². The highest BCUT2D eigenvalue weighted by Gasteiger charge is 2.21. The van der Waals surface area contributed by atoms with E-state index in [1.807, 2.05) is 52.0 Å². The number of rotatable bonds is 3. The Morgan fingerprint density at radius 2 is 1.91 bits per heavy atom. The van der Waals surface area contributed by atoms with E-state index in [1.165, 1.54) is 4.90 Å². The number of hydrogen-bond donors (Lipinski definition) is 0. The van der Waals surface area contributed by atoms with Crippen LogP contribution in [0.25, 0.3) is 11.4 Å². The monoisotopic (exact) mass is 303 g/mol. The molecule has 0 spiro atoms. The molecule has 1 amide bonds. The number of nitrogens with zero attached hydrogens (tertiary/aromatic N) is 3. The Hall–Kier alpha value is -2.37. The summed E-state index contributed by atoms with van der Waals surface area (Å²) in [7, 11) is 1.63. The zero-order valence-electron chi connectivity index (χ0n) is 13.6. The summed E-state index contributed by atoms with van der Waals surface area (Å²) in [4.78, 5) is 17.6. The van der Waals surface area contributed by atoms with Crippen molar-refractivity contribution in [2.45, 2.75) is 39.8 Å². The maximum Gasteiger partial charge on any atom is 0.410 e. The van der Waals surface area contributed by atoms with Crippen molar-refractivity contribution in [2.24, 2.45) is 0 Å². The first-order chi connectivity index (χ1) is 10.2. The van der Waals surface area contributed by atoms with Gasteiger partial charge in [0.15, 0.2) is 0 Å². The first-order valence-electron chi connectivity index (χ1n) is 7.08. The van der Waals surface area contributed by atoms with E-state index in [0.29, 0.717) is 11.7 Å². The molecule has 0 atom stereocenters. The first-order valence-corrected chi connectivity index (χ1v) is 7.08. The fraction of sp³-hybridized carbons (Fsp3) is 0.438. The number of amides is 1. The van der Waals surface area contributed by atoms with Crippen molar-refractivity contribution in [3.8, 4) is 11.4 Å². The number of carbonyl (C=O) groups is 1. The highest BCUT2D eigenvalue weighted by molar-refractivity contribution is 5.67. The zero-order valence-corrected chi connectivity index (χ0v) is 13.6. The van der Waals surface area contributed by atoms with Crippen molar-refractivity contribution < 1.29 is 14.1 Å². The van der Waals surface area contributed by atoms with Crippen molar-refractivity contribution >= 4 is 6.09 Å². The fourth-order valence-corrected chi connectivity index (χ4v) is 1.75. The van der Waals surface area contributed by atoms with Gasteiger partial charge in [-0.1, -0.05) is 35.0 Å². The molecule has 1 aromatic heterocycles. The number of benzene rings is 1. The lowest BCUT2D eigenvalue weighted by molar-refractivity contribution is 0.0268. The summed E-state index contributed by atoms with van der Waals surface area (Å²) in [5, 5.41) is 3.94. The molecule has 0 unspecified atom stereocenters. The van der Waals surface area contributed by atoms with Crippen LogP contribution < -0.4 is 0 Å². The topological polar surface area (TPSA) is 68.5 Å². The largest absolute Gasteiger partial charge is 0.444 e. The SMILES string of the molecule is Cc1ccc(-c2noc(CN(C)C(=O)OC(C)(C)C)n2)cc1. The van der Waals surface area contributed by atoms with Gasteiger partial charge in [-0.2, -0.15) is 4.98 Å². The number of aromatic nitrogens is 2. The average molecular weight is 303 g/mol. The highest BCUT2D eigenvalue weighted by Crippen LogP contribution is 2.17. The van der Waals surface area contributed by atoms with Gasteiger partial charge < -0.3 is 14.2 Å². The van der Waals surface area contributed by atoms with E-state index in [-0.39, 0.29) is 6.54 Å². The van der Waals surface area contributed by atoms with Crippen LogP contribution in [0.5, 0.6) is 0 Å². The van der Waals surface area contributed by atoms with Crippen LogP contribution in [-0.2, 0) is 11.3 Å². The molecule has 2 rings (SSSR count). The molecular formula is C16H21N3O3. The molecule has 0 aliphatic rings. The molecular weight excluding hydrogens is 282 g/mol. The van der Waals surface area contributed by atoms with E-state index in [1.54, 1.807) is 7.05 Å². The van der Waals surface area contributed by atoms with Gasteiger partial charge >= 0.3 is 6.09 Å². The van der Waals surface area contributed by atoms with Gasteiger partial charge in [-0.15, -0.1) is 0 Å². The Kier molecular flexibility index (Phi) is 4.49. The number of ether oxygens (including phenoxy) is 1. The second-order valence-corrected chi connectivity index (χ2v) is 6.21. The molecule has 0 saturated heterocycles. The summed E-state index contributed by atoms with van der Waals surface area (Å²) in [6.07, 6.45) is -0.428. The van der Waals surface area contributed by atoms with Crippen LogP contribution in [-0.4, -0.2) is 33.8 Å². The second-order valence-electron chi connectivity index (χ2n) is 6.21. The maximum atomic E-state index is 11.9. The molecule has 0 fully saturated rings. The van der Waals surface area contributed by atoms with Crippen LogP contribution in [0.2, 0.25) is 0 Å². The van der Waals surface area contributed by atoms with Crippen LogP contribution in [0.1, 0.15) is 32.2 Å². The Labute approximate surface area is 130 Å². The maximum absolute atomic E-state index is 11.9. The Balaban J connectivity index is 2.03. The molecule has 118 valence electrons. The van der Waals surface area contributed by atoms with Gasteiger partial charge in [-0.3, -0.25) is 0 Å². The minimum Gasteiger partial charge on any atom is -0.444 e. The normalized spacial score (nSPS) is 11.3. The van der Waals surface area contributed by atoms with Crippen LogP contribution >= 0.6 is 0 Å². The number of aryl methyl sites for hydroxylation is 1. The third-order valence-corrected chi connectivity index (χ3v) is 2.86. The molecule has 0 saturated carbocycles. The van der Waals surface area contributed by atoms with Crippen molar-refractivity contribution in [2.75, 3.05) is 7.05 Å². The molecule has 1 heterocycles. The molecule has 22 heavy (non-hydrogen) atoms. The second kappa shape index (κ2) is 6.17. The van der Waals surface area contributed by atoms with Gasteiger partial charge in [0, 0.05) is 12.6 Å². The van der Waals surface area contributed by atoms with Crippen LogP contribution in [0, 0.1) is 6.92 Å². The molecule has 0 radical (unpaired) electrons. The zero-order chi connectivity index (χ0) is 16.3. The minimum atomic E-state index is -0.534. The summed E-state index contributed by atoms with van der Waals surface area (Å²) >= 11 is 0. The van der Waals surface area contributed by atoms with Gasteiger partial charge in [-0.25, -0.2) is 4.79 Å². The average Bonchev–Trinajstić information content (AvgIpc) is 2.86. The highest BCUT2D eigenvalue weighted by atomic mass is 16.6. The van der Waals surface area contributed by atoms with Crippen molar-refractivity contribution in [1.29, 1.82) is 0 Å². The molecule has 0 aliphatic heterocycles. The summed E-state index contributed by atoms with van der Waals surface area (Å²) in [5.74, 6) is 0.872. The molecule has 0 aliphatic carbocycles. The third kappa shape index (κ3) is 4.31. The summed E-state index contributed by atoms with van der Waals surface area (Å²) in [6, 6.07) is 7.83. The van der Waals surface area contributed by atoms with Gasteiger partial charge in [0.25, 0.3) is 0 Å². The van der Waals surface area contributed by atoms with E-state index in [2.05, 4.69) is 10.1 Å². The van der Waals surface area contributed by atoms with E-state index < -0.39 is 11.7 Å². The van der Waals surface area contributed by atoms with Gasteiger partial charge in [0.05, 0.1) is 0 Å². The molecule has 6 heteroatoms. The van der Waals surface area contributed by atoms with Crippen LogP contribution in [0.4, 0.5) is 4.79 Å². The van der Waals surface area contributed by atoms with E-state index in [9.17, 15) is 4.79 Å². The quantitative estimate of drug-likeness (QED) is 0.869. The third-order valence-electron chi connectivity index (χ3n) is 2.86. The minimum absolute atomic E-state index is 0.202. The first kappa shape index (κ1) is 16.0. The Morgan fingerprint density at radius 3 is 2.50 bits per heavy atom. The molecule has 2 aromatic rings. The smallest absolute Gasteiger partial charge is 0.410 e. The predicted molar refractivity (Wildman–Crippen MR) is 82.2 cm³/mol. The Bertz CT molecular complexity index is 641. The molecule has 0 bridgehead atoms. The van der Waals surface area contributed by atoms with Crippen LogP contribution in [0.15, 0.2) is 28.8 Å². The summed E-state index contributed by atoms with van der Waals surface area (Å²) in [6.45, 7) is 7.68. The number of carbonyl (C=O) groups excluding carboxylic acids is 1. The Morgan fingerprint density at radius 1 is 1.27 bits per heavy atom. The molecule has 0 N–H and O–H groups in total.